The number of rotatable bonds is 13. The van der Waals surface area contributed by atoms with Gasteiger partial charge in [0.25, 0.3) is 0 Å². The molecule has 4 heterocycles. The van der Waals surface area contributed by atoms with E-state index >= 15 is 0 Å². The number of hydrogen-bond donors (Lipinski definition) is 1. The highest BCUT2D eigenvalue weighted by Gasteiger charge is 2.77. The average molecular weight is 568 g/mol. The number of para-hydroxylation sites is 1. The van der Waals surface area contributed by atoms with E-state index < -0.39 is 27.4 Å². The molecule has 10 nitrogen and oxygen atoms in total. The Morgan fingerprint density at radius 2 is 2.05 bits per heavy atom. The number of aromatic nitrogens is 3. The molecule has 2 amide bonds. The average Bonchev–Trinajstić information content (AvgIpc) is 3.64. The fourth-order valence-electron chi connectivity index (χ4n) is 6.76. The van der Waals surface area contributed by atoms with E-state index in [2.05, 4.69) is 23.5 Å². The van der Waals surface area contributed by atoms with Gasteiger partial charge in [0, 0.05) is 24.4 Å². The number of ether oxygens (including phenoxy) is 1. The van der Waals surface area contributed by atoms with E-state index in [1.165, 1.54) is 0 Å². The minimum absolute atomic E-state index is 0.00223. The SMILES string of the molecule is C=CCCOC(=O)[C@H]1[C@H]2C(=O)N(CCCCO)C(C(=O)N(CC=C)Cn3nnc4ccccc43)C23CC[C@]1(C)S3. The topological polar surface area (TPSA) is 118 Å². The monoisotopic (exact) mass is 567 g/mol. The summed E-state index contributed by atoms with van der Waals surface area (Å²) in [5.74, 6) is -2.03. The van der Waals surface area contributed by atoms with Gasteiger partial charge in [-0.15, -0.1) is 30.0 Å². The lowest BCUT2D eigenvalue weighted by atomic mass is 9.66. The molecule has 40 heavy (non-hydrogen) atoms. The van der Waals surface area contributed by atoms with Crippen LogP contribution < -0.4 is 0 Å². The molecule has 5 rings (SSSR count). The van der Waals surface area contributed by atoms with Crippen LogP contribution in [0.5, 0.6) is 0 Å². The van der Waals surface area contributed by atoms with Crippen LogP contribution in [0.4, 0.5) is 0 Å². The summed E-state index contributed by atoms with van der Waals surface area (Å²) in [4.78, 5) is 45.4. The first kappa shape index (κ1) is 28.4. The summed E-state index contributed by atoms with van der Waals surface area (Å²) in [5, 5.41) is 17.9. The first-order valence-electron chi connectivity index (χ1n) is 13.9. The van der Waals surface area contributed by atoms with Crippen molar-refractivity contribution in [1.82, 2.24) is 24.8 Å². The van der Waals surface area contributed by atoms with E-state index in [0.717, 1.165) is 11.0 Å². The number of hydrogen-bond acceptors (Lipinski definition) is 8. The second-order valence-corrected chi connectivity index (χ2v) is 12.9. The Bertz CT molecular complexity index is 1310. The van der Waals surface area contributed by atoms with Gasteiger partial charge in [-0.25, -0.2) is 4.68 Å². The number of aliphatic hydroxyl groups excluding tert-OH is 1. The summed E-state index contributed by atoms with van der Waals surface area (Å²) in [5.41, 5.74) is 1.53. The van der Waals surface area contributed by atoms with Crippen LogP contribution in [0.25, 0.3) is 11.0 Å². The second kappa shape index (κ2) is 11.4. The van der Waals surface area contributed by atoms with Crippen molar-refractivity contribution < 1.29 is 24.2 Å². The van der Waals surface area contributed by atoms with Gasteiger partial charge in [-0.2, -0.15) is 0 Å². The molecular formula is C29H37N5O5S. The van der Waals surface area contributed by atoms with Crippen LogP contribution in [-0.2, 0) is 25.8 Å². The lowest BCUT2D eigenvalue weighted by molar-refractivity contribution is -0.155. The number of amides is 2. The highest BCUT2D eigenvalue weighted by Crippen LogP contribution is 2.71. The summed E-state index contributed by atoms with van der Waals surface area (Å²) < 4.78 is 6.05. The minimum Gasteiger partial charge on any atom is -0.465 e. The zero-order valence-corrected chi connectivity index (χ0v) is 23.7. The molecule has 2 aromatic rings. The van der Waals surface area contributed by atoms with Gasteiger partial charge < -0.3 is 19.6 Å². The van der Waals surface area contributed by atoms with E-state index in [0.29, 0.717) is 38.6 Å². The molecule has 2 bridgehead atoms. The number of esters is 1. The summed E-state index contributed by atoms with van der Waals surface area (Å²) in [6.07, 6.45) is 6.33. The molecule has 3 aliphatic heterocycles. The van der Waals surface area contributed by atoms with Crippen molar-refractivity contribution in [2.24, 2.45) is 11.8 Å². The Morgan fingerprint density at radius 1 is 1.25 bits per heavy atom. The second-order valence-electron chi connectivity index (χ2n) is 11.0. The van der Waals surface area contributed by atoms with Crippen molar-refractivity contribution in [2.75, 3.05) is 26.3 Å². The van der Waals surface area contributed by atoms with Crippen molar-refractivity contribution in [3.8, 4) is 0 Å². The largest absolute Gasteiger partial charge is 0.465 e. The maximum absolute atomic E-state index is 14.5. The van der Waals surface area contributed by atoms with Crippen LogP contribution in [-0.4, -0.2) is 89.5 Å². The van der Waals surface area contributed by atoms with Crippen molar-refractivity contribution in [1.29, 1.82) is 0 Å². The molecule has 0 aliphatic carbocycles. The molecule has 214 valence electrons. The van der Waals surface area contributed by atoms with Crippen LogP contribution >= 0.6 is 11.8 Å². The molecule has 3 aliphatic rings. The minimum atomic E-state index is -0.753. The Kier molecular flexibility index (Phi) is 8.05. The van der Waals surface area contributed by atoms with Crippen molar-refractivity contribution in [3.63, 3.8) is 0 Å². The van der Waals surface area contributed by atoms with Crippen LogP contribution in [0.1, 0.15) is 39.0 Å². The van der Waals surface area contributed by atoms with E-state index in [4.69, 9.17) is 4.74 Å². The summed E-state index contributed by atoms with van der Waals surface area (Å²) in [6.45, 7) is 10.5. The van der Waals surface area contributed by atoms with Crippen LogP contribution in [0.15, 0.2) is 49.6 Å². The highest BCUT2D eigenvalue weighted by atomic mass is 32.2. The fraction of sp³-hybridized carbons (Fsp3) is 0.552. The van der Waals surface area contributed by atoms with Crippen LogP contribution in [0.3, 0.4) is 0 Å². The molecule has 1 N–H and O–H groups in total. The molecule has 1 spiro atoms. The number of carbonyl (C=O) groups excluding carboxylic acids is 3. The van der Waals surface area contributed by atoms with Crippen LogP contribution in [0.2, 0.25) is 0 Å². The fourth-order valence-corrected chi connectivity index (χ4v) is 9.10. The first-order valence-corrected chi connectivity index (χ1v) is 14.7. The predicted molar refractivity (Wildman–Crippen MR) is 152 cm³/mol. The number of carbonyl (C=O) groups is 3. The van der Waals surface area contributed by atoms with E-state index in [-0.39, 0.29) is 44.2 Å². The number of aliphatic hydroxyl groups is 1. The van der Waals surface area contributed by atoms with Gasteiger partial charge >= 0.3 is 5.97 Å². The molecule has 3 fully saturated rings. The molecular weight excluding hydrogens is 530 g/mol. The third kappa shape index (κ3) is 4.62. The number of nitrogens with zero attached hydrogens (tertiary/aromatic N) is 5. The number of benzene rings is 1. The maximum Gasteiger partial charge on any atom is 0.311 e. The molecule has 2 unspecified atom stereocenters. The Hall–Kier alpha value is -3.18. The molecule has 3 saturated heterocycles. The molecule has 11 heteroatoms. The third-order valence-electron chi connectivity index (χ3n) is 8.52. The van der Waals surface area contributed by atoms with Crippen molar-refractivity contribution >= 4 is 40.6 Å². The van der Waals surface area contributed by atoms with E-state index in [9.17, 15) is 19.5 Å². The Morgan fingerprint density at radius 3 is 2.80 bits per heavy atom. The third-order valence-corrected chi connectivity index (χ3v) is 10.5. The zero-order valence-electron chi connectivity index (χ0n) is 22.9. The molecule has 1 aromatic heterocycles. The zero-order chi connectivity index (χ0) is 28.5. The lowest BCUT2D eigenvalue weighted by Gasteiger charge is -2.37. The molecule has 0 saturated carbocycles. The van der Waals surface area contributed by atoms with E-state index in [1.807, 2.05) is 31.2 Å². The molecule has 1 aromatic carbocycles. The summed E-state index contributed by atoms with van der Waals surface area (Å²) in [6, 6.07) is 6.79. The van der Waals surface area contributed by atoms with E-state index in [1.54, 1.807) is 38.4 Å². The molecule has 0 radical (unpaired) electrons. The lowest BCUT2D eigenvalue weighted by Crippen LogP contribution is -2.55. The Balaban J connectivity index is 1.50. The number of fused-ring (bicyclic) bond motifs is 2. The van der Waals surface area contributed by atoms with Gasteiger partial charge in [-0.1, -0.05) is 29.5 Å². The maximum atomic E-state index is 14.5. The Labute approximate surface area is 238 Å². The standard InChI is InChI=1S/C29H37N5O5S/c1-4-6-18-39-27(38)23-22-25(36)33(16-9-10-17-35)24(29(22)14-13-28(23,3)40-29)26(37)32(15-5-2)19-34-21-12-8-7-11-20(21)30-31-34/h4-5,7-8,11-12,22-24,35H,1-2,6,9-10,13-19H2,3H3/t22-,23+,24?,28-,29?/m0/s1. The predicted octanol–water partition coefficient (Wildman–Crippen LogP) is 2.78. The summed E-state index contributed by atoms with van der Waals surface area (Å²) >= 11 is 1.62. The number of likely N-dealkylation sites (tertiary alicyclic amines) is 1. The van der Waals surface area contributed by atoms with Gasteiger partial charge in [-0.05, 0) is 51.2 Å². The number of unbranched alkanes of at least 4 members (excludes halogenated alkanes) is 1. The first-order chi connectivity index (χ1) is 19.3. The van der Waals surface area contributed by atoms with Crippen LogP contribution in [0, 0.1) is 11.8 Å². The summed E-state index contributed by atoms with van der Waals surface area (Å²) in [7, 11) is 0. The normalized spacial score (nSPS) is 28.6. The van der Waals surface area contributed by atoms with Crippen molar-refractivity contribution in [2.45, 2.75) is 61.2 Å². The quantitative estimate of drug-likeness (QED) is 0.223. The van der Waals surface area contributed by atoms with Gasteiger partial charge in [0.1, 0.15) is 18.2 Å². The van der Waals surface area contributed by atoms with Gasteiger partial charge in [0.2, 0.25) is 11.8 Å². The molecule has 5 atom stereocenters. The van der Waals surface area contributed by atoms with Gasteiger partial charge in [0.15, 0.2) is 0 Å². The van der Waals surface area contributed by atoms with Gasteiger partial charge in [0.05, 0.1) is 28.7 Å². The van der Waals surface area contributed by atoms with Gasteiger partial charge in [-0.3, -0.25) is 14.4 Å². The number of thioether (sulfide) groups is 1. The smallest absolute Gasteiger partial charge is 0.311 e. The highest BCUT2D eigenvalue weighted by molar-refractivity contribution is 8.02. The van der Waals surface area contributed by atoms with Crippen molar-refractivity contribution in [3.05, 3.63) is 49.6 Å².